The highest BCUT2D eigenvalue weighted by molar-refractivity contribution is 6.39. The number of nitrogens with one attached hydrogen (secondary N) is 2. The first-order valence-electron chi connectivity index (χ1n) is 11.8. The van der Waals surface area contributed by atoms with E-state index in [0.717, 1.165) is 36.3 Å². The molecule has 178 valence electrons. The molecular weight excluding hydrogens is 437 g/mol. The Hall–Kier alpha value is -3.46. The zero-order chi connectivity index (χ0) is 23.7. The third kappa shape index (κ3) is 4.48. The van der Waals surface area contributed by atoms with E-state index in [1.54, 1.807) is 12.1 Å². The van der Waals surface area contributed by atoms with Crippen molar-refractivity contribution in [3.63, 3.8) is 0 Å². The number of aryl methyl sites for hydroxylation is 1. The second-order valence-corrected chi connectivity index (χ2v) is 8.93. The van der Waals surface area contributed by atoms with E-state index in [0.29, 0.717) is 56.9 Å². The number of carbonyl (C=O) groups is 3. The summed E-state index contributed by atoms with van der Waals surface area (Å²) in [6.45, 7) is 4.59. The summed E-state index contributed by atoms with van der Waals surface area (Å²) in [5.74, 6) is -1.43. The molecule has 2 aromatic carbocycles. The molecule has 3 amide bonds. The molecular formula is C25H28FN5O3. The second-order valence-electron chi connectivity index (χ2n) is 8.93. The van der Waals surface area contributed by atoms with Gasteiger partial charge in [0.2, 0.25) is 5.91 Å². The fourth-order valence-electron chi connectivity index (χ4n) is 5.05. The fraction of sp³-hybridized carbons (Fsp3) is 0.400. The molecule has 34 heavy (non-hydrogen) atoms. The molecule has 0 radical (unpaired) electrons. The van der Waals surface area contributed by atoms with E-state index in [2.05, 4.69) is 15.5 Å². The minimum absolute atomic E-state index is 0.149. The molecule has 0 aromatic heterocycles. The summed E-state index contributed by atoms with van der Waals surface area (Å²) in [6, 6.07) is 10.5. The van der Waals surface area contributed by atoms with Crippen LogP contribution in [0.4, 0.5) is 21.5 Å². The van der Waals surface area contributed by atoms with E-state index in [1.165, 1.54) is 6.07 Å². The van der Waals surface area contributed by atoms with Crippen LogP contribution in [0.2, 0.25) is 0 Å². The maximum Gasteiger partial charge on any atom is 0.313 e. The van der Waals surface area contributed by atoms with Gasteiger partial charge in [-0.3, -0.25) is 19.3 Å². The average Bonchev–Trinajstić information content (AvgIpc) is 3.27. The Labute approximate surface area is 197 Å². The molecule has 1 saturated heterocycles. The minimum Gasteiger partial charge on any atom is -0.367 e. The maximum absolute atomic E-state index is 14.0. The van der Waals surface area contributed by atoms with Crippen LogP contribution in [-0.2, 0) is 27.2 Å². The molecule has 0 aliphatic carbocycles. The first-order chi connectivity index (χ1) is 16.5. The first-order valence-corrected chi connectivity index (χ1v) is 11.8. The van der Waals surface area contributed by atoms with Gasteiger partial charge in [0.25, 0.3) is 0 Å². The topological polar surface area (TPSA) is 85.0 Å². The van der Waals surface area contributed by atoms with Gasteiger partial charge < -0.3 is 20.4 Å². The lowest BCUT2D eigenvalue weighted by Crippen LogP contribution is -2.49. The summed E-state index contributed by atoms with van der Waals surface area (Å²) in [5, 5.41) is 5.39. The Bertz CT molecular complexity index is 1130. The van der Waals surface area contributed by atoms with Crippen molar-refractivity contribution < 1.29 is 18.8 Å². The van der Waals surface area contributed by atoms with Crippen LogP contribution < -0.4 is 20.4 Å². The van der Waals surface area contributed by atoms with Crippen LogP contribution in [0.3, 0.4) is 0 Å². The number of piperazine rings is 1. The molecule has 9 heteroatoms. The summed E-state index contributed by atoms with van der Waals surface area (Å²) in [5.41, 5.74) is 4.27. The highest BCUT2D eigenvalue weighted by atomic mass is 19.1. The van der Waals surface area contributed by atoms with Crippen LogP contribution in [0.5, 0.6) is 0 Å². The van der Waals surface area contributed by atoms with Crippen molar-refractivity contribution in [2.45, 2.75) is 19.3 Å². The fourth-order valence-corrected chi connectivity index (χ4v) is 5.05. The molecule has 2 aromatic rings. The maximum atomic E-state index is 14.0. The van der Waals surface area contributed by atoms with Gasteiger partial charge in [0.1, 0.15) is 5.82 Å². The van der Waals surface area contributed by atoms with Gasteiger partial charge in [0, 0.05) is 57.9 Å². The van der Waals surface area contributed by atoms with E-state index in [1.807, 2.05) is 28.0 Å². The molecule has 3 aliphatic heterocycles. The number of nitrogens with zero attached hydrogens (tertiary/aromatic N) is 3. The quantitative estimate of drug-likeness (QED) is 0.655. The van der Waals surface area contributed by atoms with Crippen LogP contribution >= 0.6 is 0 Å². The number of hydrogen-bond donors (Lipinski definition) is 2. The SMILES string of the molecule is O=C(NCCN1CCN(c2ccccc2F)CC1)C(=O)Nc1cc2c3c(c1)CCN3C(=O)CC2. The van der Waals surface area contributed by atoms with Crippen LogP contribution in [-0.4, -0.2) is 68.4 Å². The number of amides is 3. The molecule has 0 bridgehead atoms. The predicted molar refractivity (Wildman–Crippen MR) is 128 cm³/mol. The molecule has 1 fully saturated rings. The first kappa shape index (κ1) is 22.3. The van der Waals surface area contributed by atoms with Gasteiger partial charge in [0.15, 0.2) is 0 Å². The summed E-state index contributed by atoms with van der Waals surface area (Å²) in [6.07, 6.45) is 1.88. The Morgan fingerprint density at radius 1 is 0.912 bits per heavy atom. The van der Waals surface area contributed by atoms with Crippen molar-refractivity contribution in [3.8, 4) is 0 Å². The van der Waals surface area contributed by atoms with E-state index in [4.69, 9.17) is 0 Å². The van der Waals surface area contributed by atoms with Crippen molar-refractivity contribution >= 4 is 34.8 Å². The van der Waals surface area contributed by atoms with Gasteiger partial charge in [-0.1, -0.05) is 12.1 Å². The van der Waals surface area contributed by atoms with Crippen LogP contribution in [0.1, 0.15) is 17.5 Å². The van der Waals surface area contributed by atoms with Gasteiger partial charge in [0.05, 0.1) is 11.4 Å². The van der Waals surface area contributed by atoms with Gasteiger partial charge >= 0.3 is 11.8 Å². The van der Waals surface area contributed by atoms with Gasteiger partial charge in [-0.2, -0.15) is 0 Å². The van der Waals surface area contributed by atoms with Crippen molar-refractivity contribution in [1.29, 1.82) is 0 Å². The zero-order valence-electron chi connectivity index (χ0n) is 19.0. The smallest absolute Gasteiger partial charge is 0.313 e. The summed E-state index contributed by atoms with van der Waals surface area (Å²) >= 11 is 0. The third-order valence-electron chi connectivity index (χ3n) is 6.79. The lowest BCUT2D eigenvalue weighted by molar-refractivity contribution is -0.136. The Morgan fingerprint density at radius 2 is 1.65 bits per heavy atom. The highest BCUT2D eigenvalue weighted by Gasteiger charge is 2.31. The van der Waals surface area contributed by atoms with Crippen molar-refractivity contribution in [2.24, 2.45) is 0 Å². The molecule has 0 saturated carbocycles. The normalized spacial score (nSPS) is 17.5. The van der Waals surface area contributed by atoms with Crippen LogP contribution in [0, 0.1) is 5.82 Å². The number of halogens is 1. The molecule has 3 heterocycles. The Kier molecular flexibility index (Phi) is 6.19. The van der Waals surface area contributed by atoms with Crippen molar-refractivity contribution in [3.05, 3.63) is 53.3 Å². The zero-order valence-corrected chi connectivity index (χ0v) is 19.0. The largest absolute Gasteiger partial charge is 0.367 e. The van der Waals surface area contributed by atoms with E-state index < -0.39 is 11.8 Å². The summed E-state index contributed by atoms with van der Waals surface area (Å²) < 4.78 is 14.0. The second kappa shape index (κ2) is 9.42. The summed E-state index contributed by atoms with van der Waals surface area (Å²) in [4.78, 5) is 42.8. The number of anilines is 3. The van der Waals surface area contributed by atoms with Gasteiger partial charge in [-0.15, -0.1) is 0 Å². The van der Waals surface area contributed by atoms with E-state index in [9.17, 15) is 18.8 Å². The standard InChI is InChI=1S/C25H28FN5O3/c26-20-3-1-2-4-21(20)30-13-11-29(12-14-30)10-8-27-24(33)25(34)28-19-15-17-5-6-22(32)31-9-7-18(16-19)23(17)31/h1-4,15-16H,5-14H2,(H,27,33)(H,28,34). The molecule has 8 nitrogen and oxygen atoms in total. The molecule has 0 spiro atoms. The molecule has 0 unspecified atom stereocenters. The number of para-hydroxylation sites is 1. The molecule has 0 atom stereocenters. The lowest BCUT2D eigenvalue weighted by Gasteiger charge is -2.36. The summed E-state index contributed by atoms with van der Waals surface area (Å²) in [7, 11) is 0. The number of benzene rings is 2. The number of carbonyl (C=O) groups excluding carboxylic acids is 3. The highest BCUT2D eigenvalue weighted by Crippen LogP contribution is 2.38. The lowest BCUT2D eigenvalue weighted by atomic mass is 9.98. The molecule has 5 rings (SSSR count). The predicted octanol–water partition coefficient (Wildman–Crippen LogP) is 1.54. The monoisotopic (exact) mass is 465 g/mol. The van der Waals surface area contributed by atoms with E-state index >= 15 is 0 Å². The van der Waals surface area contributed by atoms with Crippen LogP contribution in [0.25, 0.3) is 0 Å². The minimum atomic E-state index is -0.696. The average molecular weight is 466 g/mol. The van der Waals surface area contributed by atoms with Crippen molar-refractivity contribution in [2.75, 3.05) is 60.9 Å². The van der Waals surface area contributed by atoms with Gasteiger partial charge in [-0.25, -0.2) is 4.39 Å². The Morgan fingerprint density at radius 3 is 2.41 bits per heavy atom. The van der Waals surface area contributed by atoms with Crippen molar-refractivity contribution in [1.82, 2.24) is 10.2 Å². The number of hydrogen-bond acceptors (Lipinski definition) is 5. The van der Waals surface area contributed by atoms with Crippen LogP contribution in [0.15, 0.2) is 36.4 Å². The molecule has 3 aliphatic rings. The van der Waals surface area contributed by atoms with Gasteiger partial charge in [-0.05, 0) is 48.2 Å². The Balaban J connectivity index is 1.08. The number of rotatable bonds is 5. The van der Waals surface area contributed by atoms with E-state index in [-0.39, 0.29) is 11.7 Å². The molecule has 2 N–H and O–H groups in total. The third-order valence-corrected chi connectivity index (χ3v) is 6.79.